The number of hydrogen-bond donors (Lipinski definition) is 2. The van der Waals surface area contributed by atoms with Crippen LogP contribution in [0.5, 0.6) is 5.75 Å². The number of rotatable bonds is 6. The number of nitrogens with zero attached hydrogens (tertiary/aromatic N) is 2. The monoisotopic (exact) mass is 331 g/mol. The number of aliphatic hydroxyl groups is 1. The van der Waals surface area contributed by atoms with Gasteiger partial charge in [0.15, 0.2) is 0 Å². The fourth-order valence-electron chi connectivity index (χ4n) is 2.28. The number of aryl methyl sites for hydroxylation is 1. The van der Waals surface area contributed by atoms with Crippen molar-refractivity contribution in [3.8, 4) is 5.75 Å². The summed E-state index contributed by atoms with van der Waals surface area (Å²) >= 11 is 0. The molecule has 0 saturated heterocycles. The van der Waals surface area contributed by atoms with Gasteiger partial charge in [0, 0.05) is 31.4 Å². The quantitative estimate of drug-likeness (QED) is 0.838. The Bertz CT molecular complexity index is 757. The number of nitrogens with one attached hydrogen (secondary N) is 1. The maximum absolute atomic E-state index is 12.5. The smallest absolute Gasteiger partial charge is 0.322 e. The van der Waals surface area contributed by atoms with E-state index in [-0.39, 0.29) is 24.7 Å². The molecule has 128 valence electrons. The summed E-state index contributed by atoms with van der Waals surface area (Å²) in [5, 5.41) is 12.0. The van der Waals surface area contributed by atoms with Crippen molar-refractivity contribution in [2.24, 2.45) is 7.05 Å². The van der Waals surface area contributed by atoms with Gasteiger partial charge in [-0.2, -0.15) is 0 Å². The number of urea groups is 1. The Morgan fingerprint density at radius 1 is 1.29 bits per heavy atom. The second-order valence-electron chi connectivity index (χ2n) is 5.25. The molecule has 1 aromatic heterocycles. The molecular formula is C17H21N3O4. The molecule has 7 nitrogen and oxygen atoms in total. The lowest BCUT2D eigenvalue weighted by atomic mass is 10.2. The number of benzene rings is 1. The SMILES string of the molecule is COc1ccccc1CN(CCO)C(=O)Nc1ccc(=O)n(C)c1. The van der Waals surface area contributed by atoms with E-state index in [2.05, 4.69) is 5.32 Å². The summed E-state index contributed by atoms with van der Waals surface area (Å²) in [6, 6.07) is 9.95. The van der Waals surface area contributed by atoms with Gasteiger partial charge in [-0.3, -0.25) is 4.79 Å². The average Bonchev–Trinajstić information content (AvgIpc) is 2.58. The number of aliphatic hydroxyl groups excluding tert-OH is 1. The van der Waals surface area contributed by atoms with Crippen molar-refractivity contribution in [3.63, 3.8) is 0 Å². The lowest BCUT2D eigenvalue weighted by Crippen LogP contribution is -2.36. The van der Waals surface area contributed by atoms with Crippen LogP contribution < -0.4 is 15.6 Å². The highest BCUT2D eigenvalue weighted by Crippen LogP contribution is 2.19. The predicted molar refractivity (Wildman–Crippen MR) is 91.2 cm³/mol. The van der Waals surface area contributed by atoms with E-state index in [9.17, 15) is 14.7 Å². The van der Waals surface area contributed by atoms with Crippen LogP contribution in [0.15, 0.2) is 47.4 Å². The van der Waals surface area contributed by atoms with E-state index in [1.165, 1.54) is 15.5 Å². The van der Waals surface area contributed by atoms with Crippen LogP contribution in [0, 0.1) is 0 Å². The van der Waals surface area contributed by atoms with Crippen molar-refractivity contribution in [2.45, 2.75) is 6.54 Å². The van der Waals surface area contributed by atoms with Crippen molar-refractivity contribution in [1.82, 2.24) is 9.47 Å². The molecule has 0 aliphatic carbocycles. The van der Waals surface area contributed by atoms with Gasteiger partial charge in [-0.05, 0) is 12.1 Å². The van der Waals surface area contributed by atoms with Crippen molar-refractivity contribution < 1.29 is 14.6 Å². The Balaban J connectivity index is 2.15. The third-order valence-electron chi connectivity index (χ3n) is 3.55. The number of anilines is 1. The van der Waals surface area contributed by atoms with Gasteiger partial charge in [0.1, 0.15) is 5.75 Å². The second kappa shape index (κ2) is 8.16. The molecule has 2 aromatic rings. The van der Waals surface area contributed by atoms with Crippen molar-refractivity contribution in [3.05, 3.63) is 58.5 Å². The molecule has 1 heterocycles. The number of amides is 2. The molecule has 2 rings (SSSR count). The van der Waals surface area contributed by atoms with Crippen LogP contribution in [0.25, 0.3) is 0 Å². The molecule has 1 aromatic carbocycles. The fraction of sp³-hybridized carbons (Fsp3) is 0.294. The van der Waals surface area contributed by atoms with E-state index in [0.29, 0.717) is 18.0 Å². The number of pyridine rings is 1. The lowest BCUT2D eigenvalue weighted by molar-refractivity contribution is 0.184. The van der Waals surface area contributed by atoms with E-state index >= 15 is 0 Å². The number of carbonyl (C=O) groups is 1. The molecule has 24 heavy (non-hydrogen) atoms. The maximum Gasteiger partial charge on any atom is 0.322 e. The van der Waals surface area contributed by atoms with E-state index in [4.69, 9.17) is 4.74 Å². The molecule has 0 radical (unpaired) electrons. The summed E-state index contributed by atoms with van der Waals surface area (Å²) in [6.07, 6.45) is 1.54. The van der Waals surface area contributed by atoms with Crippen LogP contribution in [-0.2, 0) is 13.6 Å². The number of methoxy groups -OCH3 is 1. The summed E-state index contributed by atoms with van der Waals surface area (Å²) in [4.78, 5) is 25.4. The zero-order valence-electron chi connectivity index (χ0n) is 13.7. The number of aromatic nitrogens is 1. The van der Waals surface area contributed by atoms with E-state index in [0.717, 1.165) is 5.56 Å². The van der Waals surface area contributed by atoms with Crippen LogP contribution in [-0.4, -0.2) is 40.9 Å². The minimum Gasteiger partial charge on any atom is -0.496 e. The van der Waals surface area contributed by atoms with Gasteiger partial charge >= 0.3 is 6.03 Å². The Morgan fingerprint density at radius 2 is 2.04 bits per heavy atom. The first-order chi connectivity index (χ1) is 11.5. The van der Waals surface area contributed by atoms with Gasteiger partial charge in [-0.1, -0.05) is 18.2 Å². The molecule has 0 aliphatic heterocycles. The van der Waals surface area contributed by atoms with E-state index in [1.54, 1.807) is 26.4 Å². The molecular weight excluding hydrogens is 310 g/mol. The van der Waals surface area contributed by atoms with Crippen LogP contribution in [0.1, 0.15) is 5.56 Å². The molecule has 0 aliphatic rings. The normalized spacial score (nSPS) is 10.3. The first kappa shape index (κ1) is 17.6. The summed E-state index contributed by atoms with van der Waals surface area (Å²) in [5.41, 5.74) is 1.18. The highest BCUT2D eigenvalue weighted by molar-refractivity contribution is 5.89. The fourth-order valence-corrected chi connectivity index (χ4v) is 2.28. The molecule has 0 bridgehead atoms. The molecule has 0 fully saturated rings. The van der Waals surface area contributed by atoms with Crippen LogP contribution in [0.3, 0.4) is 0 Å². The van der Waals surface area contributed by atoms with E-state index in [1.807, 2.05) is 24.3 Å². The Labute approximate surface area is 140 Å². The highest BCUT2D eigenvalue weighted by Gasteiger charge is 2.16. The van der Waals surface area contributed by atoms with Crippen molar-refractivity contribution in [2.75, 3.05) is 25.6 Å². The first-order valence-electron chi connectivity index (χ1n) is 7.50. The van der Waals surface area contributed by atoms with Crippen LogP contribution in [0.2, 0.25) is 0 Å². The Hall–Kier alpha value is -2.80. The summed E-state index contributed by atoms with van der Waals surface area (Å²) in [6.45, 7) is 0.313. The number of para-hydroxylation sites is 1. The van der Waals surface area contributed by atoms with Gasteiger partial charge in [-0.15, -0.1) is 0 Å². The van der Waals surface area contributed by atoms with Gasteiger partial charge < -0.3 is 24.6 Å². The third-order valence-corrected chi connectivity index (χ3v) is 3.55. The zero-order chi connectivity index (χ0) is 17.5. The molecule has 0 unspecified atom stereocenters. The molecule has 7 heteroatoms. The van der Waals surface area contributed by atoms with Gasteiger partial charge in [-0.25, -0.2) is 4.79 Å². The number of ether oxygens (including phenoxy) is 1. The largest absolute Gasteiger partial charge is 0.496 e. The summed E-state index contributed by atoms with van der Waals surface area (Å²) in [7, 11) is 3.18. The van der Waals surface area contributed by atoms with Gasteiger partial charge in [0.25, 0.3) is 0 Å². The molecule has 0 spiro atoms. The Morgan fingerprint density at radius 3 is 2.71 bits per heavy atom. The molecule has 2 amide bonds. The Kier molecular flexibility index (Phi) is 5.97. The summed E-state index contributed by atoms with van der Waals surface area (Å²) < 4.78 is 6.67. The van der Waals surface area contributed by atoms with Gasteiger partial charge in [0.2, 0.25) is 5.56 Å². The first-order valence-corrected chi connectivity index (χ1v) is 7.50. The number of carbonyl (C=O) groups excluding carboxylic acids is 1. The minimum absolute atomic E-state index is 0.157. The molecule has 0 saturated carbocycles. The van der Waals surface area contributed by atoms with Crippen LogP contribution in [0.4, 0.5) is 10.5 Å². The highest BCUT2D eigenvalue weighted by atomic mass is 16.5. The number of hydrogen-bond acceptors (Lipinski definition) is 4. The van der Waals surface area contributed by atoms with E-state index < -0.39 is 0 Å². The molecule has 2 N–H and O–H groups in total. The van der Waals surface area contributed by atoms with Crippen LogP contribution >= 0.6 is 0 Å². The topological polar surface area (TPSA) is 83.8 Å². The maximum atomic E-state index is 12.5. The minimum atomic E-state index is -0.367. The molecule has 0 atom stereocenters. The van der Waals surface area contributed by atoms with Gasteiger partial charge in [0.05, 0.1) is 25.9 Å². The standard InChI is InChI=1S/C17H21N3O4/c1-19-12-14(7-8-16(19)22)18-17(23)20(9-10-21)11-13-5-3-4-6-15(13)24-2/h3-8,12,21H,9-11H2,1-2H3,(H,18,23). The summed E-state index contributed by atoms with van der Waals surface area (Å²) in [5.74, 6) is 0.676. The van der Waals surface area contributed by atoms with Crippen molar-refractivity contribution >= 4 is 11.7 Å². The predicted octanol–water partition coefficient (Wildman–Crippen LogP) is 1.42. The lowest BCUT2D eigenvalue weighted by Gasteiger charge is -2.23. The third kappa shape index (κ3) is 4.36. The second-order valence-corrected chi connectivity index (χ2v) is 5.25. The van der Waals surface area contributed by atoms with Crippen molar-refractivity contribution in [1.29, 1.82) is 0 Å². The zero-order valence-corrected chi connectivity index (χ0v) is 13.7. The average molecular weight is 331 g/mol.